The first kappa shape index (κ1) is 12.8. The molecule has 0 aliphatic heterocycles. The zero-order valence-electron chi connectivity index (χ0n) is 11.1. The van der Waals surface area contributed by atoms with E-state index in [1.54, 1.807) is 0 Å². The van der Waals surface area contributed by atoms with Crippen LogP contribution < -0.4 is 5.73 Å². The molecule has 1 atom stereocenters. The first-order chi connectivity index (χ1) is 8.63. The Morgan fingerprint density at radius 2 is 2.00 bits per heavy atom. The summed E-state index contributed by atoms with van der Waals surface area (Å²) in [4.78, 5) is 4.48. The molecule has 2 N–H and O–H groups in total. The fraction of sp³-hybridized carbons (Fsp3) is 0.429. The van der Waals surface area contributed by atoms with Crippen LogP contribution in [0.5, 0.6) is 0 Å². The van der Waals surface area contributed by atoms with Crippen LogP contribution >= 0.6 is 0 Å². The van der Waals surface area contributed by atoms with Crippen LogP contribution in [0.4, 0.5) is 0 Å². The second-order valence-corrected chi connectivity index (χ2v) is 4.86. The van der Waals surface area contributed by atoms with Crippen LogP contribution in [0.25, 0.3) is 11.4 Å². The summed E-state index contributed by atoms with van der Waals surface area (Å²) in [6, 6.07) is 8.00. The molecular formula is C14H19N3O. The third-order valence-electron chi connectivity index (χ3n) is 3.20. The molecule has 0 saturated heterocycles. The van der Waals surface area contributed by atoms with E-state index in [2.05, 4.69) is 24.0 Å². The molecule has 2 rings (SSSR count). The standard InChI is InChI=1S/C14H19N3O/c1-9(2)12(8-15)14-16-13(17-18-14)11-7-5-4-6-10(11)3/h4-7,9,12H,8,15H2,1-3H3. The predicted molar refractivity (Wildman–Crippen MR) is 71.1 cm³/mol. The van der Waals surface area contributed by atoms with E-state index in [1.165, 1.54) is 0 Å². The highest BCUT2D eigenvalue weighted by atomic mass is 16.5. The average molecular weight is 245 g/mol. The fourth-order valence-corrected chi connectivity index (χ4v) is 1.98. The maximum atomic E-state index is 5.76. The minimum absolute atomic E-state index is 0.121. The molecule has 0 saturated carbocycles. The predicted octanol–water partition coefficient (Wildman–Crippen LogP) is 2.74. The van der Waals surface area contributed by atoms with Crippen molar-refractivity contribution in [3.63, 3.8) is 0 Å². The maximum Gasteiger partial charge on any atom is 0.231 e. The van der Waals surface area contributed by atoms with Crippen molar-refractivity contribution in [1.82, 2.24) is 10.1 Å². The summed E-state index contributed by atoms with van der Waals surface area (Å²) in [5.74, 6) is 1.78. The Hall–Kier alpha value is -1.68. The molecule has 4 nitrogen and oxygen atoms in total. The van der Waals surface area contributed by atoms with Gasteiger partial charge in [0.1, 0.15) is 0 Å². The van der Waals surface area contributed by atoms with E-state index in [1.807, 2.05) is 31.2 Å². The molecule has 18 heavy (non-hydrogen) atoms. The number of aryl methyl sites for hydroxylation is 1. The second-order valence-electron chi connectivity index (χ2n) is 4.86. The van der Waals surface area contributed by atoms with Crippen molar-refractivity contribution in [3.05, 3.63) is 35.7 Å². The van der Waals surface area contributed by atoms with E-state index in [0.29, 0.717) is 24.2 Å². The molecule has 0 aliphatic rings. The van der Waals surface area contributed by atoms with E-state index in [0.717, 1.165) is 11.1 Å². The molecule has 1 heterocycles. The van der Waals surface area contributed by atoms with Crippen LogP contribution in [-0.2, 0) is 0 Å². The van der Waals surface area contributed by atoms with Gasteiger partial charge in [-0.05, 0) is 18.4 Å². The average Bonchev–Trinajstić information content (AvgIpc) is 2.79. The van der Waals surface area contributed by atoms with Gasteiger partial charge in [-0.3, -0.25) is 0 Å². The van der Waals surface area contributed by atoms with Gasteiger partial charge in [0.25, 0.3) is 0 Å². The van der Waals surface area contributed by atoms with Crippen molar-refractivity contribution in [2.75, 3.05) is 6.54 Å². The Bertz CT molecular complexity index is 519. The molecule has 0 spiro atoms. The smallest absolute Gasteiger partial charge is 0.231 e. The van der Waals surface area contributed by atoms with Gasteiger partial charge < -0.3 is 10.3 Å². The Balaban J connectivity index is 2.34. The number of hydrogen-bond acceptors (Lipinski definition) is 4. The van der Waals surface area contributed by atoms with Gasteiger partial charge in [0.2, 0.25) is 11.7 Å². The Morgan fingerprint density at radius 3 is 2.61 bits per heavy atom. The lowest BCUT2D eigenvalue weighted by Gasteiger charge is -2.13. The number of nitrogens with zero attached hydrogens (tertiary/aromatic N) is 2. The molecule has 0 radical (unpaired) electrons. The van der Waals surface area contributed by atoms with E-state index >= 15 is 0 Å². The second kappa shape index (κ2) is 5.31. The summed E-state index contributed by atoms with van der Waals surface area (Å²) < 4.78 is 5.35. The summed E-state index contributed by atoms with van der Waals surface area (Å²) in [5, 5.41) is 4.06. The molecule has 0 bridgehead atoms. The van der Waals surface area contributed by atoms with E-state index in [4.69, 9.17) is 10.3 Å². The molecular weight excluding hydrogens is 226 g/mol. The Kier molecular flexibility index (Phi) is 3.77. The zero-order chi connectivity index (χ0) is 13.1. The largest absolute Gasteiger partial charge is 0.339 e. The Morgan fingerprint density at radius 1 is 1.28 bits per heavy atom. The molecule has 1 aromatic carbocycles. The van der Waals surface area contributed by atoms with Crippen molar-refractivity contribution >= 4 is 0 Å². The van der Waals surface area contributed by atoms with Crippen LogP contribution in [-0.4, -0.2) is 16.7 Å². The van der Waals surface area contributed by atoms with Gasteiger partial charge in [-0.25, -0.2) is 0 Å². The number of rotatable bonds is 4. The minimum Gasteiger partial charge on any atom is -0.339 e. The van der Waals surface area contributed by atoms with Crippen molar-refractivity contribution in [2.24, 2.45) is 11.7 Å². The summed E-state index contributed by atoms with van der Waals surface area (Å²) in [6.07, 6.45) is 0. The highest BCUT2D eigenvalue weighted by Gasteiger charge is 2.21. The highest BCUT2D eigenvalue weighted by molar-refractivity contribution is 5.58. The third-order valence-corrected chi connectivity index (χ3v) is 3.20. The molecule has 1 unspecified atom stereocenters. The molecule has 0 amide bonds. The molecule has 4 heteroatoms. The maximum absolute atomic E-state index is 5.76. The van der Waals surface area contributed by atoms with Crippen molar-refractivity contribution < 1.29 is 4.52 Å². The van der Waals surface area contributed by atoms with Gasteiger partial charge in [0, 0.05) is 12.1 Å². The normalized spacial score (nSPS) is 12.9. The van der Waals surface area contributed by atoms with Crippen molar-refractivity contribution in [3.8, 4) is 11.4 Å². The van der Waals surface area contributed by atoms with E-state index in [-0.39, 0.29) is 5.92 Å². The fourth-order valence-electron chi connectivity index (χ4n) is 1.98. The van der Waals surface area contributed by atoms with Crippen LogP contribution in [0.3, 0.4) is 0 Å². The van der Waals surface area contributed by atoms with Gasteiger partial charge in [-0.2, -0.15) is 4.98 Å². The van der Waals surface area contributed by atoms with Crippen molar-refractivity contribution in [1.29, 1.82) is 0 Å². The minimum atomic E-state index is 0.121. The quantitative estimate of drug-likeness (QED) is 0.899. The van der Waals surface area contributed by atoms with Crippen LogP contribution in [0, 0.1) is 12.8 Å². The number of aromatic nitrogens is 2. The van der Waals surface area contributed by atoms with Crippen molar-refractivity contribution in [2.45, 2.75) is 26.7 Å². The monoisotopic (exact) mass is 245 g/mol. The number of hydrogen-bond donors (Lipinski definition) is 1. The summed E-state index contributed by atoms with van der Waals surface area (Å²) in [6.45, 7) is 6.77. The Labute approximate surface area is 107 Å². The number of nitrogens with two attached hydrogens (primary N) is 1. The lowest BCUT2D eigenvalue weighted by molar-refractivity contribution is 0.324. The third kappa shape index (κ3) is 2.43. The van der Waals surface area contributed by atoms with Gasteiger partial charge in [-0.1, -0.05) is 43.3 Å². The number of benzene rings is 1. The van der Waals surface area contributed by atoms with Crippen LogP contribution in [0.2, 0.25) is 0 Å². The van der Waals surface area contributed by atoms with E-state index < -0.39 is 0 Å². The van der Waals surface area contributed by atoms with Gasteiger partial charge >= 0.3 is 0 Å². The first-order valence-corrected chi connectivity index (χ1v) is 6.23. The molecule has 96 valence electrons. The van der Waals surface area contributed by atoms with Gasteiger partial charge in [0.15, 0.2) is 0 Å². The SMILES string of the molecule is Cc1ccccc1-c1noc(C(CN)C(C)C)n1. The first-order valence-electron chi connectivity index (χ1n) is 6.23. The topological polar surface area (TPSA) is 64.9 Å². The molecule has 2 aromatic rings. The van der Waals surface area contributed by atoms with Crippen LogP contribution in [0.1, 0.15) is 31.2 Å². The lowest BCUT2D eigenvalue weighted by atomic mass is 9.96. The molecule has 0 fully saturated rings. The van der Waals surface area contributed by atoms with Gasteiger partial charge in [-0.15, -0.1) is 0 Å². The summed E-state index contributed by atoms with van der Waals surface area (Å²) in [5.41, 5.74) is 7.90. The van der Waals surface area contributed by atoms with E-state index in [9.17, 15) is 0 Å². The lowest BCUT2D eigenvalue weighted by Crippen LogP contribution is -2.18. The highest BCUT2D eigenvalue weighted by Crippen LogP contribution is 2.25. The summed E-state index contributed by atoms with van der Waals surface area (Å²) in [7, 11) is 0. The molecule has 1 aromatic heterocycles. The van der Waals surface area contributed by atoms with Gasteiger partial charge in [0.05, 0.1) is 5.92 Å². The zero-order valence-corrected chi connectivity index (χ0v) is 11.1. The molecule has 0 aliphatic carbocycles. The van der Waals surface area contributed by atoms with Crippen LogP contribution in [0.15, 0.2) is 28.8 Å². The summed E-state index contributed by atoms with van der Waals surface area (Å²) >= 11 is 0.